The van der Waals surface area contributed by atoms with Crippen LogP contribution in [0.1, 0.15) is 50.3 Å². The van der Waals surface area contributed by atoms with E-state index >= 15 is 0 Å². The molecule has 0 radical (unpaired) electrons. The number of amides is 2. The molecule has 2 aliphatic heterocycles. The molecule has 0 spiro atoms. The molecule has 2 unspecified atom stereocenters. The van der Waals surface area contributed by atoms with Crippen LogP contribution in [0.3, 0.4) is 0 Å². The topological polar surface area (TPSA) is 96.4 Å². The van der Waals surface area contributed by atoms with Crippen molar-refractivity contribution in [2.75, 3.05) is 19.7 Å². The lowest BCUT2D eigenvalue weighted by atomic mass is 9.81. The predicted octanol–water partition coefficient (Wildman–Crippen LogP) is 5.70. The van der Waals surface area contributed by atoms with E-state index in [-0.39, 0.29) is 44.2 Å². The van der Waals surface area contributed by atoms with Gasteiger partial charge in [-0.1, -0.05) is 89.4 Å². The minimum Gasteiger partial charge on any atom is -0.457 e. The molecule has 2 amide bonds. The van der Waals surface area contributed by atoms with Gasteiger partial charge in [-0.15, -0.1) is 0 Å². The molecule has 2 atom stereocenters. The van der Waals surface area contributed by atoms with Crippen LogP contribution in [0.5, 0.6) is 0 Å². The summed E-state index contributed by atoms with van der Waals surface area (Å²) in [5.41, 5.74) is 2.22. The van der Waals surface area contributed by atoms with Crippen molar-refractivity contribution in [2.45, 2.75) is 68.1 Å². The van der Waals surface area contributed by atoms with E-state index in [0.29, 0.717) is 6.42 Å². The molecule has 2 heterocycles. The molecule has 0 saturated carbocycles. The smallest absolute Gasteiger partial charge is 0.411 e. The zero-order chi connectivity index (χ0) is 30.7. The predicted molar refractivity (Wildman–Crippen MR) is 162 cm³/mol. The number of carbonyl (C=O) groups is 3. The number of nitrogens with zero attached hydrogens (tertiary/aromatic N) is 2. The van der Waals surface area contributed by atoms with E-state index < -0.39 is 33.5 Å². The van der Waals surface area contributed by atoms with E-state index in [0.717, 1.165) is 28.7 Å². The Kier molecular flexibility index (Phi) is 10.1. The van der Waals surface area contributed by atoms with Gasteiger partial charge in [0.05, 0.1) is 17.7 Å². The number of hydrogen-bond acceptors (Lipinski definition) is 6. The first-order valence-corrected chi connectivity index (χ1v) is 14.9. The molecule has 42 heavy (non-hydrogen) atoms. The number of halogens is 3. The molecule has 1 N–H and O–H groups in total. The van der Waals surface area contributed by atoms with Gasteiger partial charge in [-0.3, -0.25) is 9.69 Å². The van der Waals surface area contributed by atoms with E-state index in [4.69, 9.17) is 44.3 Å². The van der Waals surface area contributed by atoms with Crippen LogP contribution in [0.25, 0.3) is 5.57 Å². The first kappa shape index (κ1) is 32.1. The number of hydrogen-bond donors (Lipinski definition) is 1. The van der Waals surface area contributed by atoms with Crippen molar-refractivity contribution in [3.8, 4) is 0 Å². The molecule has 8 nitrogen and oxygen atoms in total. The Morgan fingerprint density at radius 2 is 1.64 bits per heavy atom. The minimum absolute atomic E-state index is 0.0356. The van der Waals surface area contributed by atoms with Crippen LogP contribution in [-0.2, 0) is 32.1 Å². The monoisotopic (exact) mass is 636 g/mol. The molecule has 2 aromatic rings. The summed E-state index contributed by atoms with van der Waals surface area (Å²) in [5, 5.41) is 9.20. The second-order valence-corrected chi connectivity index (χ2v) is 13.3. The highest BCUT2D eigenvalue weighted by atomic mass is 35.6. The summed E-state index contributed by atoms with van der Waals surface area (Å²) in [6.45, 7) is 4.90. The van der Waals surface area contributed by atoms with Crippen LogP contribution in [0.4, 0.5) is 4.79 Å². The molecule has 1 fully saturated rings. The number of aryl methyl sites for hydroxylation is 1. The van der Waals surface area contributed by atoms with Gasteiger partial charge >= 0.3 is 12.1 Å². The summed E-state index contributed by atoms with van der Waals surface area (Å²) in [6.07, 6.45) is 0.886. The SMILES string of the molecule is CC(=O)N1CC2CC(c3ccc(CCCO)cc3)=C(C(=O)OCc3ccccc3)C(C1)N2C(=O)OC(C)(C)C(Cl)(Cl)Cl. The molecule has 2 aromatic carbocycles. The van der Waals surface area contributed by atoms with Crippen LogP contribution in [0, 0.1) is 0 Å². The van der Waals surface area contributed by atoms with Crippen LogP contribution >= 0.6 is 34.8 Å². The van der Waals surface area contributed by atoms with E-state index in [1.807, 2.05) is 54.6 Å². The Balaban J connectivity index is 1.77. The Morgan fingerprint density at radius 3 is 2.24 bits per heavy atom. The summed E-state index contributed by atoms with van der Waals surface area (Å²) in [5.74, 6) is -0.765. The Labute approximate surface area is 261 Å². The highest BCUT2D eigenvalue weighted by Crippen LogP contribution is 2.43. The molecular formula is C31H35Cl3N2O6. The largest absolute Gasteiger partial charge is 0.457 e. The average molecular weight is 638 g/mol. The lowest BCUT2D eigenvalue weighted by molar-refractivity contribution is -0.143. The Morgan fingerprint density at radius 1 is 0.976 bits per heavy atom. The molecule has 4 rings (SSSR count). The Hall–Kier alpha value is -2.78. The van der Waals surface area contributed by atoms with Crippen LogP contribution in [-0.4, -0.2) is 74.0 Å². The lowest BCUT2D eigenvalue weighted by Gasteiger charge is -2.50. The fraction of sp³-hybridized carbons (Fsp3) is 0.452. The quantitative estimate of drug-likeness (QED) is 0.295. The van der Waals surface area contributed by atoms with Crippen molar-refractivity contribution in [3.05, 3.63) is 76.9 Å². The summed E-state index contributed by atoms with van der Waals surface area (Å²) < 4.78 is 9.61. The van der Waals surface area contributed by atoms with Crippen molar-refractivity contribution in [2.24, 2.45) is 0 Å². The van der Waals surface area contributed by atoms with Crippen molar-refractivity contribution < 1.29 is 29.0 Å². The highest BCUT2D eigenvalue weighted by molar-refractivity contribution is 6.68. The number of aliphatic hydroxyl groups is 1. The summed E-state index contributed by atoms with van der Waals surface area (Å²) in [4.78, 5) is 43.2. The molecule has 2 bridgehead atoms. The van der Waals surface area contributed by atoms with Gasteiger partial charge < -0.3 is 19.5 Å². The maximum Gasteiger partial charge on any atom is 0.411 e. The molecule has 1 saturated heterocycles. The number of rotatable bonds is 8. The standard InChI is InChI=1S/C31H35Cl3N2O6/c1-20(38)35-17-24-16-25(23-13-11-21(12-14-23)10-7-15-37)27(28(39)41-19-22-8-5-4-6-9-22)26(18-35)36(24)29(40)42-30(2,3)31(32,33)34/h4-6,8-9,11-14,24,26,37H,7,10,15-19H2,1-3H3. The first-order valence-electron chi connectivity index (χ1n) is 13.8. The number of ether oxygens (including phenoxy) is 2. The number of piperazine rings is 1. The maximum atomic E-state index is 13.9. The second-order valence-electron chi connectivity index (χ2n) is 11.1. The van der Waals surface area contributed by atoms with Crippen LogP contribution in [0.15, 0.2) is 60.2 Å². The number of carbonyl (C=O) groups excluding carboxylic acids is 3. The van der Waals surface area contributed by atoms with E-state index in [2.05, 4.69) is 0 Å². The molecule has 0 aromatic heterocycles. The maximum absolute atomic E-state index is 13.9. The van der Waals surface area contributed by atoms with E-state index in [1.54, 1.807) is 4.90 Å². The zero-order valence-electron chi connectivity index (χ0n) is 23.8. The van der Waals surface area contributed by atoms with E-state index in [9.17, 15) is 19.5 Å². The summed E-state index contributed by atoms with van der Waals surface area (Å²) in [6, 6.07) is 15.7. The van der Waals surface area contributed by atoms with Crippen LogP contribution < -0.4 is 0 Å². The summed E-state index contributed by atoms with van der Waals surface area (Å²) >= 11 is 18.3. The summed E-state index contributed by atoms with van der Waals surface area (Å²) in [7, 11) is 0. The first-order chi connectivity index (χ1) is 19.8. The normalized spacial score (nSPS) is 19.0. The van der Waals surface area contributed by atoms with Gasteiger partial charge in [0.2, 0.25) is 9.70 Å². The molecule has 226 valence electrons. The second kappa shape index (κ2) is 13.2. The van der Waals surface area contributed by atoms with Gasteiger partial charge in [0, 0.05) is 26.6 Å². The van der Waals surface area contributed by atoms with Gasteiger partial charge in [-0.05, 0) is 55.4 Å². The lowest BCUT2D eigenvalue weighted by Crippen LogP contribution is -2.65. The van der Waals surface area contributed by atoms with Gasteiger partial charge in [0.25, 0.3) is 0 Å². The van der Waals surface area contributed by atoms with Gasteiger partial charge in [-0.25, -0.2) is 9.59 Å². The number of esters is 1. The third-order valence-corrected chi connectivity index (χ3v) is 9.06. The van der Waals surface area contributed by atoms with Crippen molar-refractivity contribution in [3.63, 3.8) is 0 Å². The van der Waals surface area contributed by atoms with E-state index in [1.165, 1.54) is 25.7 Å². The highest BCUT2D eigenvalue weighted by Gasteiger charge is 2.51. The minimum atomic E-state index is -1.91. The fourth-order valence-corrected chi connectivity index (χ4v) is 5.38. The molecular weight excluding hydrogens is 603 g/mol. The Bertz CT molecular complexity index is 1320. The molecule has 2 aliphatic rings. The zero-order valence-corrected chi connectivity index (χ0v) is 26.1. The van der Waals surface area contributed by atoms with Gasteiger partial charge in [0.1, 0.15) is 6.61 Å². The number of fused-ring (bicyclic) bond motifs is 2. The number of aliphatic hydroxyl groups excluding tert-OH is 1. The van der Waals surface area contributed by atoms with Gasteiger partial charge in [0.15, 0.2) is 5.60 Å². The van der Waals surface area contributed by atoms with Crippen molar-refractivity contribution >= 4 is 58.3 Å². The number of benzene rings is 2. The van der Waals surface area contributed by atoms with Crippen LogP contribution in [0.2, 0.25) is 0 Å². The molecule has 11 heteroatoms. The van der Waals surface area contributed by atoms with Crippen molar-refractivity contribution in [1.29, 1.82) is 0 Å². The average Bonchev–Trinajstić information content (AvgIpc) is 2.93. The third kappa shape index (κ3) is 7.22. The van der Waals surface area contributed by atoms with Crippen molar-refractivity contribution in [1.82, 2.24) is 9.80 Å². The fourth-order valence-electron chi connectivity index (χ4n) is 5.26. The molecule has 0 aliphatic carbocycles. The third-order valence-electron chi connectivity index (χ3n) is 7.69. The van der Waals surface area contributed by atoms with Gasteiger partial charge in [-0.2, -0.15) is 0 Å². The number of alkyl halides is 3.